The normalized spacial score (nSPS) is 23.2. The highest BCUT2D eigenvalue weighted by molar-refractivity contribution is 5.99. The lowest BCUT2D eigenvalue weighted by Gasteiger charge is -2.41. The molecule has 19 heavy (non-hydrogen) atoms. The molecule has 1 heterocycles. The summed E-state index contributed by atoms with van der Waals surface area (Å²) in [5.74, 6) is -0.0369. The van der Waals surface area contributed by atoms with Gasteiger partial charge in [0, 0.05) is 23.3 Å². The molecule has 0 amide bonds. The number of carbonyl (C=O) groups excluding carboxylic acids is 1. The third-order valence-corrected chi connectivity index (χ3v) is 3.97. The number of piperidine rings is 1. The van der Waals surface area contributed by atoms with Crippen LogP contribution in [0.25, 0.3) is 0 Å². The molecule has 1 aliphatic rings. The van der Waals surface area contributed by atoms with Crippen molar-refractivity contribution in [3.8, 4) is 0 Å². The lowest BCUT2D eigenvalue weighted by Crippen LogP contribution is -2.43. The molecule has 1 aromatic carbocycles. The molecule has 1 N–H and O–H groups in total. The van der Waals surface area contributed by atoms with Gasteiger partial charge in [-0.1, -0.05) is 0 Å². The van der Waals surface area contributed by atoms with Crippen molar-refractivity contribution in [2.24, 2.45) is 5.11 Å². The van der Waals surface area contributed by atoms with Gasteiger partial charge in [-0.15, -0.1) is 0 Å². The molecule has 0 saturated carbocycles. The van der Waals surface area contributed by atoms with Crippen LogP contribution in [0.15, 0.2) is 23.3 Å². The summed E-state index contributed by atoms with van der Waals surface area (Å²) in [7, 11) is 0. The van der Waals surface area contributed by atoms with E-state index in [1.807, 2.05) is 12.1 Å². The minimum absolute atomic E-state index is 0.0369. The van der Waals surface area contributed by atoms with Gasteiger partial charge in [-0.25, -0.2) is 5.53 Å². The number of nitrogens with zero attached hydrogens (tertiary/aromatic N) is 2. The van der Waals surface area contributed by atoms with E-state index < -0.39 is 0 Å². The van der Waals surface area contributed by atoms with Crippen molar-refractivity contribution in [2.45, 2.75) is 52.1 Å². The Balaban J connectivity index is 2.42. The Morgan fingerprint density at radius 2 is 1.95 bits per heavy atom. The van der Waals surface area contributed by atoms with E-state index in [4.69, 9.17) is 5.53 Å². The highest BCUT2D eigenvalue weighted by atomic mass is 16.1. The predicted molar refractivity (Wildman–Crippen MR) is 76.5 cm³/mol. The summed E-state index contributed by atoms with van der Waals surface area (Å²) in [5, 5.41) is 3.43. The van der Waals surface area contributed by atoms with Crippen molar-refractivity contribution in [1.82, 2.24) is 0 Å². The SMILES string of the molecule is CC(=O)c1cc(N2C(C)CCCC2C)ccc1N=N. The predicted octanol–water partition coefficient (Wildman–Crippen LogP) is 4.32. The number of benzene rings is 1. The molecular weight excluding hydrogens is 238 g/mol. The average molecular weight is 259 g/mol. The van der Waals surface area contributed by atoms with Crippen molar-refractivity contribution in [1.29, 1.82) is 5.53 Å². The Labute approximate surface area is 114 Å². The van der Waals surface area contributed by atoms with Crippen LogP contribution in [0.1, 0.15) is 50.4 Å². The molecule has 0 bridgehead atoms. The smallest absolute Gasteiger partial charge is 0.162 e. The van der Waals surface area contributed by atoms with Crippen LogP contribution in [0.3, 0.4) is 0 Å². The third kappa shape index (κ3) is 2.67. The van der Waals surface area contributed by atoms with Crippen LogP contribution in [0, 0.1) is 5.53 Å². The molecule has 1 aromatic rings. The first kappa shape index (κ1) is 13.7. The largest absolute Gasteiger partial charge is 0.366 e. The minimum Gasteiger partial charge on any atom is -0.366 e. The maximum absolute atomic E-state index is 11.7. The Morgan fingerprint density at radius 3 is 2.47 bits per heavy atom. The summed E-state index contributed by atoms with van der Waals surface area (Å²) < 4.78 is 0. The summed E-state index contributed by atoms with van der Waals surface area (Å²) in [6.45, 7) is 5.98. The molecule has 0 spiro atoms. The highest BCUT2D eigenvalue weighted by Crippen LogP contribution is 2.32. The lowest BCUT2D eigenvalue weighted by atomic mass is 9.96. The van der Waals surface area contributed by atoms with E-state index in [0.717, 1.165) is 5.69 Å². The van der Waals surface area contributed by atoms with Gasteiger partial charge in [-0.05, 0) is 58.2 Å². The van der Waals surface area contributed by atoms with Gasteiger partial charge in [-0.3, -0.25) is 4.79 Å². The lowest BCUT2D eigenvalue weighted by molar-refractivity contribution is 0.101. The molecule has 2 unspecified atom stereocenters. The average Bonchev–Trinajstić information content (AvgIpc) is 2.38. The van der Waals surface area contributed by atoms with Crippen LogP contribution >= 0.6 is 0 Å². The fourth-order valence-corrected chi connectivity index (χ4v) is 2.99. The Bertz CT molecular complexity index is 488. The Kier molecular flexibility index (Phi) is 3.98. The standard InChI is InChI=1S/C15H21N3O/c1-10-5-4-6-11(2)18(10)13-7-8-15(17-16)14(9-13)12(3)19/h7-11,16H,4-6H2,1-3H3. The molecule has 0 aromatic heterocycles. The highest BCUT2D eigenvalue weighted by Gasteiger charge is 2.25. The zero-order valence-corrected chi connectivity index (χ0v) is 11.8. The molecule has 4 nitrogen and oxygen atoms in total. The van der Waals surface area contributed by atoms with E-state index in [1.54, 1.807) is 6.07 Å². The van der Waals surface area contributed by atoms with Crippen molar-refractivity contribution in [2.75, 3.05) is 4.90 Å². The third-order valence-electron chi connectivity index (χ3n) is 3.97. The van der Waals surface area contributed by atoms with Gasteiger partial charge >= 0.3 is 0 Å². The van der Waals surface area contributed by atoms with E-state index in [1.165, 1.54) is 26.2 Å². The van der Waals surface area contributed by atoms with Crippen molar-refractivity contribution in [3.63, 3.8) is 0 Å². The van der Waals surface area contributed by atoms with Gasteiger partial charge in [0.15, 0.2) is 5.78 Å². The summed E-state index contributed by atoms with van der Waals surface area (Å²) in [6, 6.07) is 6.60. The number of anilines is 1. The zero-order chi connectivity index (χ0) is 14.0. The van der Waals surface area contributed by atoms with Crippen molar-refractivity contribution < 1.29 is 4.79 Å². The Morgan fingerprint density at radius 1 is 1.32 bits per heavy atom. The number of carbonyl (C=O) groups is 1. The summed E-state index contributed by atoms with van der Waals surface area (Å²) >= 11 is 0. The van der Waals surface area contributed by atoms with Crippen LogP contribution in [0.4, 0.5) is 11.4 Å². The molecule has 102 valence electrons. The first-order chi connectivity index (χ1) is 9.04. The minimum atomic E-state index is -0.0369. The van der Waals surface area contributed by atoms with Crippen molar-refractivity contribution in [3.05, 3.63) is 23.8 Å². The van der Waals surface area contributed by atoms with E-state index in [2.05, 4.69) is 23.9 Å². The monoisotopic (exact) mass is 259 g/mol. The van der Waals surface area contributed by atoms with Crippen LogP contribution in [0.5, 0.6) is 0 Å². The number of hydrogen-bond acceptors (Lipinski definition) is 4. The molecule has 1 aliphatic heterocycles. The maximum atomic E-state index is 11.7. The maximum Gasteiger partial charge on any atom is 0.162 e. The number of nitrogens with one attached hydrogen (secondary N) is 1. The van der Waals surface area contributed by atoms with E-state index in [0.29, 0.717) is 23.3 Å². The fraction of sp³-hybridized carbons (Fsp3) is 0.533. The number of Topliss-reactive ketones (excluding diaryl/α,β-unsaturated/α-hetero) is 1. The van der Waals surface area contributed by atoms with Crippen LogP contribution in [-0.2, 0) is 0 Å². The first-order valence-electron chi connectivity index (χ1n) is 6.85. The summed E-state index contributed by atoms with van der Waals surface area (Å²) in [5.41, 5.74) is 9.19. The van der Waals surface area contributed by atoms with Crippen LogP contribution in [-0.4, -0.2) is 17.9 Å². The van der Waals surface area contributed by atoms with Gasteiger partial charge in [-0.2, -0.15) is 5.11 Å². The van der Waals surface area contributed by atoms with Crippen LogP contribution < -0.4 is 4.90 Å². The molecule has 4 heteroatoms. The topological polar surface area (TPSA) is 56.5 Å². The summed E-state index contributed by atoms with van der Waals surface area (Å²) in [4.78, 5) is 14.0. The molecular formula is C15H21N3O. The van der Waals surface area contributed by atoms with E-state index in [9.17, 15) is 4.79 Å². The van der Waals surface area contributed by atoms with E-state index >= 15 is 0 Å². The van der Waals surface area contributed by atoms with Gasteiger partial charge in [0.25, 0.3) is 0 Å². The van der Waals surface area contributed by atoms with Crippen molar-refractivity contribution >= 4 is 17.2 Å². The van der Waals surface area contributed by atoms with E-state index in [-0.39, 0.29) is 5.78 Å². The molecule has 2 atom stereocenters. The zero-order valence-electron chi connectivity index (χ0n) is 11.8. The molecule has 0 radical (unpaired) electrons. The molecule has 1 saturated heterocycles. The van der Waals surface area contributed by atoms with Gasteiger partial charge in [0.2, 0.25) is 0 Å². The molecule has 0 aliphatic carbocycles. The second-order valence-electron chi connectivity index (χ2n) is 5.41. The Hall–Kier alpha value is -1.71. The van der Waals surface area contributed by atoms with Gasteiger partial charge in [0.1, 0.15) is 0 Å². The number of ketones is 1. The quantitative estimate of drug-likeness (QED) is 0.649. The summed E-state index contributed by atoms with van der Waals surface area (Å²) in [6.07, 6.45) is 3.63. The molecule has 1 fully saturated rings. The van der Waals surface area contributed by atoms with Gasteiger partial charge in [0.05, 0.1) is 5.69 Å². The number of hydrogen-bond donors (Lipinski definition) is 1. The van der Waals surface area contributed by atoms with Gasteiger partial charge < -0.3 is 4.90 Å². The first-order valence-corrected chi connectivity index (χ1v) is 6.85. The second-order valence-corrected chi connectivity index (χ2v) is 5.41. The fourth-order valence-electron chi connectivity index (χ4n) is 2.99. The second kappa shape index (κ2) is 5.51. The van der Waals surface area contributed by atoms with Crippen LogP contribution in [0.2, 0.25) is 0 Å². The molecule has 2 rings (SSSR count). The number of rotatable bonds is 3.